The van der Waals surface area contributed by atoms with E-state index >= 15 is 0 Å². The second-order valence-electron chi connectivity index (χ2n) is 7.34. The number of rotatable bonds is 5. The van der Waals surface area contributed by atoms with E-state index in [1.165, 1.54) is 10.5 Å². The van der Waals surface area contributed by atoms with Gasteiger partial charge < -0.3 is 10.1 Å². The Morgan fingerprint density at radius 1 is 1.31 bits per heavy atom. The number of aryl methyl sites for hydroxylation is 1. The lowest BCUT2D eigenvalue weighted by Gasteiger charge is -2.12. The normalized spacial score (nSPS) is 12.4. The Hall–Kier alpha value is -4.26. The van der Waals surface area contributed by atoms with Gasteiger partial charge in [0.2, 0.25) is 5.65 Å². The van der Waals surface area contributed by atoms with Crippen molar-refractivity contribution in [3.63, 3.8) is 0 Å². The number of nitrogens with zero attached hydrogens (tertiary/aromatic N) is 6. The highest BCUT2D eigenvalue weighted by Crippen LogP contribution is 2.31. The van der Waals surface area contributed by atoms with Crippen molar-refractivity contribution in [1.82, 2.24) is 24.1 Å². The van der Waals surface area contributed by atoms with E-state index in [0.29, 0.717) is 35.9 Å². The molecule has 0 saturated carbocycles. The number of ether oxygens (including phenoxy) is 1. The van der Waals surface area contributed by atoms with Gasteiger partial charge in [0, 0.05) is 41.5 Å². The fraction of sp³-hybridized carbons (Fsp3) is 0.227. The average molecular weight is 431 g/mol. The second kappa shape index (κ2) is 7.77. The van der Waals surface area contributed by atoms with Crippen LogP contribution in [0.2, 0.25) is 0 Å². The minimum Gasteiger partial charge on any atom is -0.493 e. The molecular weight excluding hydrogens is 413 g/mol. The maximum atomic E-state index is 14.5. The third kappa shape index (κ3) is 3.15. The Kier molecular flexibility index (Phi) is 4.78. The highest BCUT2D eigenvalue weighted by molar-refractivity contribution is 5.71. The number of nitriles is 1. The van der Waals surface area contributed by atoms with Crippen LogP contribution in [0.4, 0.5) is 10.2 Å². The fourth-order valence-electron chi connectivity index (χ4n) is 3.94. The van der Waals surface area contributed by atoms with Crippen LogP contribution in [0.15, 0.2) is 41.5 Å². The number of halogens is 1. The Balaban J connectivity index is 1.61. The van der Waals surface area contributed by atoms with Crippen LogP contribution in [0, 0.1) is 24.1 Å². The van der Waals surface area contributed by atoms with Gasteiger partial charge in [0.05, 0.1) is 24.6 Å². The Morgan fingerprint density at radius 2 is 2.19 bits per heavy atom. The Bertz CT molecular complexity index is 1450. The minimum atomic E-state index is -0.467. The van der Waals surface area contributed by atoms with Gasteiger partial charge in [-0.15, -0.1) is 5.10 Å². The van der Waals surface area contributed by atoms with Crippen molar-refractivity contribution in [2.24, 2.45) is 0 Å². The van der Waals surface area contributed by atoms with Gasteiger partial charge in [0.15, 0.2) is 5.82 Å². The molecule has 9 nitrogen and oxygen atoms in total. The van der Waals surface area contributed by atoms with Gasteiger partial charge in [-0.05, 0) is 31.2 Å². The zero-order chi connectivity index (χ0) is 22.2. The predicted molar refractivity (Wildman–Crippen MR) is 114 cm³/mol. The van der Waals surface area contributed by atoms with Gasteiger partial charge >= 0.3 is 5.69 Å². The minimum absolute atomic E-state index is 0.144. The molecule has 0 aliphatic carbocycles. The van der Waals surface area contributed by atoms with Crippen LogP contribution >= 0.6 is 0 Å². The molecule has 0 bridgehead atoms. The lowest BCUT2D eigenvalue weighted by Crippen LogP contribution is -2.22. The highest BCUT2D eigenvalue weighted by atomic mass is 19.1. The molecule has 4 heterocycles. The first-order valence-corrected chi connectivity index (χ1v) is 10.0. The van der Waals surface area contributed by atoms with Crippen molar-refractivity contribution >= 4 is 11.5 Å². The number of benzene rings is 1. The number of aromatic nitrogens is 5. The summed E-state index contributed by atoms with van der Waals surface area (Å²) >= 11 is 0. The van der Waals surface area contributed by atoms with Crippen LogP contribution < -0.4 is 15.7 Å². The summed E-state index contributed by atoms with van der Waals surface area (Å²) in [7, 11) is 0. The molecule has 0 spiro atoms. The third-order valence-corrected chi connectivity index (χ3v) is 5.48. The van der Waals surface area contributed by atoms with Gasteiger partial charge in [-0.2, -0.15) is 9.94 Å². The zero-order valence-electron chi connectivity index (χ0n) is 17.2. The van der Waals surface area contributed by atoms with Crippen LogP contribution in [-0.2, 0) is 19.5 Å². The summed E-state index contributed by atoms with van der Waals surface area (Å²) in [5.74, 6) is 0.644. The van der Waals surface area contributed by atoms with Crippen LogP contribution in [-0.4, -0.2) is 30.8 Å². The van der Waals surface area contributed by atoms with Crippen molar-refractivity contribution in [2.45, 2.75) is 26.4 Å². The molecule has 1 N–H and O–H groups in total. The lowest BCUT2D eigenvalue weighted by molar-refractivity contribution is 0.356. The lowest BCUT2D eigenvalue weighted by atomic mass is 10.0. The molecule has 0 saturated heterocycles. The smallest absolute Gasteiger partial charge is 0.352 e. The zero-order valence-corrected chi connectivity index (χ0v) is 17.2. The predicted octanol–water partition coefficient (Wildman–Crippen LogP) is 2.47. The van der Waals surface area contributed by atoms with Gasteiger partial charge in [-0.25, -0.2) is 18.6 Å². The molecule has 3 aromatic heterocycles. The van der Waals surface area contributed by atoms with E-state index in [1.54, 1.807) is 24.5 Å². The molecule has 0 radical (unpaired) electrons. The van der Waals surface area contributed by atoms with Crippen molar-refractivity contribution < 1.29 is 9.13 Å². The number of nitrogens with one attached hydrogen (secondary N) is 1. The number of pyridine rings is 1. The maximum absolute atomic E-state index is 14.5. The summed E-state index contributed by atoms with van der Waals surface area (Å²) in [4.78, 5) is 21.8. The molecular formula is C22H18FN7O2. The van der Waals surface area contributed by atoms with E-state index in [9.17, 15) is 9.18 Å². The van der Waals surface area contributed by atoms with E-state index in [1.807, 2.05) is 19.1 Å². The van der Waals surface area contributed by atoms with E-state index < -0.39 is 5.69 Å². The molecule has 10 heteroatoms. The van der Waals surface area contributed by atoms with Crippen LogP contribution in [0.25, 0.3) is 16.9 Å². The van der Waals surface area contributed by atoms with Crippen LogP contribution in [0.3, 0.4) is 0 Å². The molecule has 1 aliphatic rings. The molecule has 0 fully saturated rings. The van der Waals surface area contributed by atoms with Crippen molar-refractivity contribution in [2.75, 3.05) is 11.9 Å². The van der Waals surface area contributed by atoms with Crippen LogP contribution in [0.1, 0.15) is 16.8 Å². The highest BCUT2D eigenvalue weighted by Gasteiger charge is 2.21. The Labute approximate surface area is 181 Å². The van der Waals surface area contributed by atoms with Crippen molar-refractivity contribution in [3.8, 4) is 23.1 Å². The van der Waals surface area contributed by atoms with Gasteiger partial charge in [0.25, 0.3) is 0 Å². The topological polar surface area (TPSA) is 110 Å². The number of hydrogen-bond acceptors (Lipinski definition) is 7. The fourth-order valence-corrected chi connectivity index (χ4v) is 3.94. The third-order valence-electron chi connectivity index (χ3n) is 5.48. The molecule has 1 aliphatic heterocycles. The summed E-state index contributed by atoms with van der Waals surface area (Å²) in [6.07, 6.45) is 3.84. The number of anilines is 1. The monoisotopic (exact) mass is 431 g/mol. The van der Waals surface area contributed by atoms with Gasteiger partial charge in [-0.1, -0.05) is 0 Å². The molecule has 32 heavy (non-hydrogen) atoms. The Morgan fingerprint density at radius 3 is 3.00 bits per heavy atom. The molecule has 0 unspecified atom stereocenters. The van der Waals surface area contributed by atoms with E-state index in [-0.39, 0.29) is 24.6 Å². The summed E-state index contributed by atoms with van der Waals surface area (Å²) in [5, 5.41) is 16.5. The summed E-state index contributed by atoms with van der Waals surface area (Å²) in [6.45, 7) is 2.29. The number of hydrogen-bond donors (Lipinski definition) is 1. The van der Waals surface area contributed by atoms with E-state index in [0.717, 1.165) is 21.5 Å². The quantitative estimate of drug-likeness (QED) is 0.517. The summed E-state index contributed by atoms with van der Waals surface area (Å²) < 4.78 is 22.5. The average Bonchev–Trinajstić information content (AvgIpc) is 3.39. The first-order valence-electron chi connectivity index (χ1n) is 10.0. The first-order chi connectivity index (χ1) is 15.6. The largest absolute Gasteiger partial charge is 0.493 e. The number of fused-ring (bicyclic) bond motifs is 2. The standard InChI is InChI=1S/C22H18FN7O2/c1-13-14(3-2-8-25-13)18-12-27-20(21-28-29(9-7-24)22(31)30(18)21)26-11-16-15-6-10-32-19(15)5-4-17(16)23/h2-5,8,12H,6,9-11H2,1H3,(H,26,27). The molecule has 0 amide bonds. The van der Waals surface area contributed by atoms with E-state index in [4.69, 9.17) is 10.00 Å². The maximum Gasteiger partial charge on any atom is 0.352 e. The van der Waals surface area contributed by atoms with Crippen molar-refractivity contribution in [1.29, 1.82) is 5.26 Å². The summed E-state index contributed by atoms with van der Waals surface area (Å²) in [5.41, 5.74) is 3.04. The van der Waals surface area contributed by atoms with E-state index in [2.05, 4.69) is 20.4 Å². The molecule has 4 aromatic rings. The first kappa shape index (κ1) is 19.7. The molecule has 1 aromatic carbocycles. The summed E-state index contributed by atoms with van der Waals surface area (Å²) in [6, 6.07) is 8.56. The molecule has 0 atom stereocenters. The molecule has 160 valence electrons. The van der Waals surface area contributed by atoms with Crippen molar-refractivity contribution in [3.05, 3.63) is 69.8 Å². The molecule has 5 rings (SSSR count). The SMILES string of the molecule is Cc1ncccc1-c1cnc(NCc2c(F)ccc3c2CCO3)c2nn(CC#N)c(=O)n12. The second-order valence-corrected chi connectivity index (χ2v) is 7.34. The van der Waals surface area contributed by atoms with Crippen LogP contribution in [0.5, 0.6) is 5.75 Å². The van der Waals surface area contributed by atoms with Gasteiger partial charge in [-0.3, -0.25) is 4.98 Å². The van der Waals surface area contributed by atoms with Gasteiger partial charge in [0.1, 0.15) is 18.1 Å².